The molecule has 0 aliphatic heterocycles. The fourth-order valence-electron chi connectivity index (χ4n) is 3.04. The molecule has 2 rings (SSSR count). The predicted molar refractivity (Wildman–Crippen MR) is 112 cm³/mol. The van der Waals surface area contributed by atoms with Gasteiger partial charge in [0.1, 0.15) is 0 Å². The van der Waals surface area contributed by atoms with E-state index in [4.69, 9.17) is 0 Å². The molecule has 0 fully saturated rings. The van der Waals surface area contributed by atoms with E-state index in [9.17, 15) is 9.59 Å². The van der Waals surface area contributed by atoms with E-state index >= 15 is 0 Å². The molecule has 1 N–H and O–H groups in total. The van der Waals surface area contributed by atoms with E-state index < -0.39 is 0 Å². The first-order chi connectivity index (χ1) is 12.6. The summed E-state index contributed by atoms with van der Waals surface area (Å²) >= 11 is 0. The highest BCUT2D eigenvalue weighted by Gasteiger charge is 2.17. The maximum Gasteiger partial charge on any atom is 0.226 e. The van der Waals surface area contributed by atoms with Crippen molar-refractivity contribution in [2.24, 2.45) is 0 Å². The number of nitrogens with zero attached hydrogens (tertiary/aromatic N) is 1. The molecule has 0 saturated heterocycles. The molecule has 27 heavy (non-hydrogen) atoms. The van der Waals surface area contributed by atoms with Crippen molar-refractivity contribution in [3.05, 3.63) is 59.2 Å². The first-order valence-corrected chi connectivity index (χ1v) is 9.34. The van der Waals surface area contributed by atoms with E-state index in [1.165, 1.54) is 12.5 Å². The standard InChI is InChI=1S/C23H30N2O2/c1-16-8-7-9-17(2)22(16)24-21(27)14-15-25(18(3)26)20-12-10-19(11-13-20)23(4,5)6/h7-13H,14-15H2,1-6H3,(H,24,27). The number of anilines is 2. The zero-order valence-electron chi connectivity index (χ0n) is 17.2. The van der Waals surface area contributed by atoms with Crippen molar-refractivity contribution in [1.82, 2.24) is 0 Å². The summed E-state index contributed by atoms with van der Waals surface area (Å²) in [7, 11) is 0. The van der Waals surface area contributed by atoms with Crippen LogP contribution in [0.15, 0.2) is 42.5 Å². The number of rotatable bonds is 5. The van der Waals surface area contributed by atoms with E-state index in [1.807, 2.05) is 56.3 Å². The van der Waals surface area contributed by atoms with Crippen molar-refractivity contribution < 1.29 is 9.59 Å². The lowest BCUT2D eigenvalue weighted by Gasteiger charge is -2.24. The van der Waals surface area contributed by atoms with Gasteiger partial charge in [0.25, 0.3) is 0 Å². The zero-order chi connectivity index (χ0) is 20.2. The summed E-state index contributed by atoms with van der Waals surface area (Å²) < 4.78 is 0. The van der Waals surface area contributed by atoms with Crippen LogP contribution in [0.5, 0.6) is 0 Å². The van der Waals surface area contributed by atoms with Crippen LogP contribution in [0.4, 0.5) is 11.4 Å². The Morgan fingerprint density at radius 1 is 0.963 bits per heavy atom. The van der Waals surface area contributed by atoms with Crippen LogP contribution in [0.3, 0.4) is 0 Å². The van der Waals surface area contributed by atoms with Gasteiger partial charge in [-0.05, 0) is 48.1 Å². The van der Waals surface area contributed by atoms with Crippen molar-refractivity contribution in [1.29, 1.82) is 0 Å². The molecule has 0 atom stereocenters. The van der Waals surface area contributed by atoms with Gasteiger partial charge in [0.2, 0.25) is 11.8 Å². The second-order valence-electron chi connectivity index (χ2n) is 8.03. The monoisotopic (exact) mass is 366 g/mol. The Bertz CT molecular complexity index is 797. The number of aryl methyl sites for hydroxylation is 2. The normalized spacial score (nSPS) is 11.2. The Morgan fingerprint density at radius 2 is 1.52 bits per heavy atom. The average molecular weight is 367 g/mol. The quantitative estimate of drug-likeness (QED) is 0.811. The van der Waals surface area contributed by atoms with Gasteiger partial charge in [0.05, 0.1) is 0 Å². The summed E-state index contributed by atoms with van der Waals surface area (Å²) in [5, 5.41) is 2.98. The molecular formula is C23H30N2O2. The molecule has 144 valence electrons. The Hall–Kier alpha value is -2.62. The first-order valence-electron chi connectivity index (χ1n) is 9.34. The maximum absolute atomic E-state index is 12.4. The minimum Gasteiger partial charge on any atom is -0.326 e. The Morgan fingerprint density at radius 3 is 2.00 bits per heavy atom. The summed E-state index contributed by atoms with van der Waals surface area (Å²) in [5.74, 6) is -0.164. The highest BCUT2D eigenvalue weighted by molar-refractivity contribution is 5.95. The predicted octanol–water partition coefficient (Wildman–Crippen LogP) is 4.98. The first kappa shape index (κ1) is 20.7. The van der Waals surface area contributed by atoms with E-state index in [0.29, 0.717) is 6.54 Å². The fraction of sp³-hybridized carbons (Fsp3) is 0.391. The Balaban J connectivity index is 2.06. The number of para-hydroxylation sites is 1. The second-order valence-corrected chi connectivity index (χ2v) is 8.03. The van der Waals surface area contributed by atoms with Gasteiger partial charge in [-0.1, -0.05) is 51.1 Å². The lowest BCUT2D eigenvalue weighted by molar-refractivity contribution is -0.117. The van der Waals surface area contributed by atoms with Gasteiger partial charge in [-0.3, -0.25) is 9.59 Å². The number of carbonyl (C=O) groups excluding carboxylic acids is 2. The number of benzene rings is 2. The summed E-state index contributed by atoms with van der Waals surface area (Å²) in [5.41, 5.74) is 5.00. The topological polar surface area (TPSA) is 49.4 Å². The minimum atomic E-state index is -0.0926. The van der Waals surface area contributed by atoms with Gasteiger partial charge >= 0.3 is 0 Å². The summed E-state index contributed by atoms with van der Waals surface area (Å²) in [4.78, 5) is 26.2. The van der Waals surface area contributed by atoms with Crippen LogP contribution in [0.25, 0.3) is 0 Å². The second kappa shape index (κ2) is 8.38. The van der Waals surface area contributed by atoms with Crippen LogP contribution in [-0.2, 0) is 15.0 Å². The van der Waals surface area contributed by atoms with Gasteiger partial charge in [-0.25, -0.2) is 0 Å². The third kappa shape index (κ3) is 5.43. The van der Waals surface area contributed by atoms with Crippen molar-refractivity contribution in [2.45, 2.75) is 53.4 Å². The molecule has 4 nitrogen and oxygen atoms in total. The molecule has 0 bridgehead atoms. The Labute approximate surface area is 162 Å². The SMILES string of the molecule is CC(=O)N(CCC(=O)Nc1c(C)cccc1C)c1ccc(C(C)(C)C)cc1. The van der Waals surface area contributed by atoms with Crippen LogP contribution < -0.4 is 10.2 Å². The van der Waals surface area contributed by atoms with Gasteiger partial charge in [0, 0.05) is 31.3 Å². The van der Waals surface area contributed by atoms with Gasteiger partial charge in [0.15, 0.2) is 0 Å². The molecule has 2 amide bonds. The van der Waals surface area contributed by atoms with Crippen LogP contribution >= 0.6 is 0 Å². The molecule has 2 aromatic carbocycles. The molecule has 2 aromatic rings. The van der Waals surface area contributed by atoms with Crippen molar-refractivity contribution in [2.75, 3.05) is 16.8 Å². The molecular weight excluding hydrogens is 336 g/mol. The Kier molecular flexibility index (Phi) is 6.42. The summed E-state index contributed by atoms with van der Waals surface area (Å²) in [6.07, 6.45) is 0.244. The van der Waals surface area contributed by atoms with Gasteiger partial charge in [-0.15, -0.1) is 0 Å². The number of hydrogen-bond acceptors (Lipinski definition) is 2. The van der Waals surface area contributed by atoms with Crippen LogP contribution in [0.1, 0.15) is 50.8 Å². The number of hydrogen-bond donors (Lipinski definition) is 1. The molecule has 0 unspecified atom stereocenters. The van der Waals surface area contributed by atoms with E-state index in [0.717, 1.165) is 22.5 Å². The number of carbonyl (C=O) groups is 2. The molecule has 0 saturated carbocycles. The molecule has 0 heterocycles. The molecule has 0 aliphatic rings. The molecule has 0 radical (unpaired) electrons. The largest absolute Gasteiger partial charge is 0.326 e. The molecule has 0 aromatic heterocycles. The summed E-state index contributed by atoms with van der Waals surface area (Å²) in [6, 6.07) is 13.9. The van der Waals surface area contributed by atoms with Crippen LogP contribution in [0.2, 0.25) is 0 Å². The smallest absolute Gasteiger partial charge is 0.226 e. The third-order valence-corrected chi connectivity index (χ3v) is 4.73. The number of nitrogens with one attached hydrogen (secondary N) is 1. The zero-order valence-corrected chi connectivity index (χ0v) is 17.2. The summed E-state index contributed by atoms with van der Waals surface area (Å²) in [6.45, 7) is 12.3. The minimum absolute atomic E-state index is 0.0604. The van der Waals surface area contributed by atoms with Gasteiger partial charge < -0.3 is 10.2 Å². The van der Waals surface area contributed by atoms with E-state index in [-0.39, 0.29) is 23.7 Å². The van der Waals surface area contributed by atoms with E-state index in [2.05, 4.69) is 26.1 Å². The highest BCUT2D eigenvalue weighted by Crippen LogP contribution is 2.25. The van der Waals surface area contributed by atoms with Crippen LogP contribution in [0, 0.1) is 13.8 Å². The van der Waals surface area contributed by atoms with Crippen molar-refractivity contribution in [3.8, 4) is 0 Å². The van der Waals surface area contributed by atoms with Gasteiger partial charge in [-0.2, -0.15) is 0 Å². The lowest BCUT2D eigenvalue weighted by Crippen LogP contribution is -2.32. The highest BCUT2D eigenvalue weighted by atomic mass is 16.2. The molecule has 0 aliphatic carbocycles. The maximum atomic E-state index is 12.4. The average Bonchev–Trinajstić information content (AvgIpc) is 2.58. The lowest BCUT2D eigenvalue weighted by atomic mass is 9.87. The van der Waals surface area contributed by atoms with Crippen LogP contribution in [-0.4, -0.2) is 18.4 Å². The number of amides is 2. The fourth-order valence-corrected chi connectivity index (χ4v) is 3.04. The van der Waals surface area contributed by atoms with E-state index in [1.54, 1.807) is 4.90 Å². The van der Waals surface area contributed by atoms with Crippen molar-refractivity contribution >= 4 is 23.2 Å². The molecule has 4 heteroatoms. The third-order valence-electron chi connectivity index (χ3n) is 4.73. The molecule has 0 spiro atoms. The van der Waals surface area contributed by atoms with Crippen molar-refractivity contribution in [3.63, 3.8) is 0 Å².